The Morgan fingerprint density at radius 2 is 2.00 bits per heavy atom. The van der Waals surface area contributed by atoms with Gasteiger partial charge in [0.05, 0.1) is 7.11 Å². The summed E-state index contributed by atoms with van der Waals surface area (Å²) in [5.74, 6) is 1.73. The second-order valence-electron chi connectivity index (χ2n) is 5.56. The molecule has 5 nitrogen and oxygen atoms in total. The van der Waals surface area contributed by atoms with E-state index < -0.39 is 0 Å². The van der Waals surface area contributed by atoms with Crippen LogP contribution in [0.2, 0.25) is 0 Å². The first kappa shape index (κ1) is 14.8. The highest BCUT2D eigenvalue weighted by Gasteiger charge is 2.20. The van der Waals surface area contributed by atoms with E-state index in [4.69, 9.17) is 4.74 Å². The molecule has 1 N–H and O–H groups in total. The molecule has 0 spiro atoms. The van der Waals surface area contributed by atoms with E-state index in [1.54, 1.807) is 19.5 Å². The molecule has 1 aromatic carbocycles. The third-order valence-electron chi connectivity index (χ3n) is 4.01. The lowest BCUT2D eigenvalue weighted by atomic mass is 10.1. The number of rotatable bonds is 5. The lowest BCUT2D eigenvalue weighted by molar-refractivity contribution is 0.412. The highest BCUT2D eigenvalue weighted by molar-refractivity contribution is 5.30. The number of aromatic nitrogens is 2. The van der Waals surface area contributed by atoms with Gasteiger partial charge < -0.3 is 15.0 Å². The monoisotopic (exact) mass is 298 g/mol. The maximum Gasteiger partial charge on any atom is 0.225 e. The van der Waals surface area contributed by atoms with Crippen LogP contribution in [0.1, 0.15) is 18.4 Å². The maximum atomic E-state index is 5.19. The fourth-order valence-corrected chi connectivity index (χ4v) is 2.79. The number of piperidine rings is 1. The third-order valence-corrected chi connectivity index (χ3v) is 4.01. The fraction of sp³-hybridized carbons (Fsp3) is 0.412. The minimum atomic E-state index is 0.472. The fourth-order valence-electron chi connectivity index (χ4n) is 2.79. The molecule has 0 bridgehead atoms. The predicted octanol–water partition coefficient (Wildman–Crippen LogP) is 2.24. The SMILES string of the molecule is COc1ccc(CN[C@H]2CCCN(c3ncccn3)C2)cc1. The maximum absolute atomic E-state index is 5.19. The summed E-state index contributed by atoms with van der Waals surface area (Å²) in [4.78, 5) is 11.0. The second-order valence-corrected chi connectivity index (χ2v) is 5.56. The zero-order valence-electron chi connectivity index (χ0n) is 12.9. The van der Waals surface area contributed by atoms with E-state index in [-0.39, 0.29) is 0 Å². The van der Waals surface area contributed by atoms with Crippen molar-refractivity contribution in [2.45, 2.75) is 25.4 Å². The molecule has 1 aliphatic heterocycles. The molecule has 1 aliphatic rings. The number of nitrogens with one attached hydrogen (secondary N) is 1. The van der Waals surface area contributed by atoms with Gasteiger partial charge in [0.1, 0.15) is 5.75 Å². The molecule has 1 aromatic heterocycles. The third kappa shape index (κ3) is 3.74. The minimum Gasteiger partial charge on any atom is -0.497 e. The van der Waals surface area contributed by atoms with Crippen molar-refractivity contribution in [3.05, 3.63) is 48.3 Å². The smallest absolute Gasteiger partial charge is 0.225 e. The number of benzene rings is 1. The van der Waals surface area contributed by atoms with Crippen LogP contribution in [0.5, 0.6) is 5.75 Å². The number of nitrogens with zero attached hydrogens (tertiary/aromatic N) is 3. The first-order valence-corrected chi connectivity index (χ1v) is 7.73. The van der Waals surface area contributed by atoms with E-state index in [9.17, 15) is 0 Å². The Morgan fingerprint density at radius 3 is 2.73 bits per heavy atom. The predicted molar refractivity (Wildman–Crippen MR) is 87.1 cm³/mol. The van der Waals surface area contributed by atoms with Crippen LogP contribution in [0.4, 0.5) is 5.95 Å². The molecule has 0 amide bonds. The average molecular weight is 298 g/mol. The van der Waals surface area contributed by atoms with Crippen LogP contribution in [0.15, 0.2) is 42.7 Å². The van der Waals surface area contributed by atoms with Gasteiger partial charge in [-0.1, -0.05) is 12.1 Å². The highest BCUT2D eigenvalue weighted by Crippen LogP contribution is 2.16. The topological polar surface area (TPSA) is 50.3 Å². The Morgan fingerprint density at radius 1 is 1.23 bits per heavy atom. The lowest BCUT2D eigenvalue weighted by Gasteiger charge is -2.33. The van der Waals surface area contributed by atoms with Gasteiger partial charge in [-0.15, -0.1) is 0 Å². The van der Waals surface area contributed by atoms with Crippen molar-refractivity contribution in [2.24, 2.45) is 0 Å². The van der Waals surface area contributed by atoms with Crippen molar-refractivity contribution in [2.75, 3.05) is 25.1 Å². The molecule has 2 aromatic rings. The standard InChI is InChI=1S/C17H22N4O/c1-22-16-7-5-14(6-8-16)12-20-15-4-2-11-21(13-15)17-18-9-3-10-19-17/h3,5-10,15,20H,2,4,11-13H2,1H3/t15-/m0/s1. The molecule has 22 heavy (non-hydrogen) atoms. The Hall–Kier alpha value is -2.14. The highest BCUT2D eigenvalue weighted by atomic mass is 16.5. The van der Waals surface area contributed by atoms with Crippen molar-refractivity contribution in [1.29, 1.82) is 0 Å². The molecule has 0 aliphatic carbocycles. The van der Waals surface area contributed by atoms with Crippen LogP contribution < -0.4 is 15.0 Å². The molecule has 0 radical (unpaired) electrons. The zero-order chi connectivity index (χ0) is 15.2. The summed E-state index contributed by atoms with van der Waals surface area (Å²) in [6, 6.07) is 10.5. The molecule has 1 fully saturated rings. The Bertz CT molecular complexity index is 573. The van der Waals surface area contributed by atoms with Gasteiger partial charge in [0.25, 0.3) is 0 Å². The quantitative estimate of drug-likeness (QED) is 0.917. The van der Waals surface area contributed by atoms with Crippen LogP contribution in [0.3, 0.4) is 0 Å². The number of ether oxygens (including phenoxy) is 1. The molecular formula is C17H22N4O. The van der Waals surface area contributed by atoms with Crippen LogP contribution in [-0.2, 0) is 6.54 Å². The largest absolute Gasteiger partial charge is 0.497 e. The van der Waals surface area contributed by atoms with E-state index in [1.807, 2.05) is 18.2 Å². The van der Waals surface area contributed by atoms with E-state index in [2.05, 4.69) is 32.3 Å². The van der Waals surface area contributed by atoms with Crippen molar-refractivity contribution >= 4 is 5.95 Å². The molecule has 0 saturated carbocycles. The van der Waals surface area contributed by atoms with Gasteiger partial charge in [0.15, 0.2) is 0 Å². The summed E-state index contributed by atoms with van der Waals surface area (Å²) in [6.07, 6.45) is 5.96. The normalized spacial score (nSPS) is 18.2. The van der Waals surface area contributed by atoms with Gasteiger partial charge in [0.2, 0.25) is 5.95 Å². The van der Waals surface area contributed by atoms with E-state index in [0.717, 1.165) is 31.3 Å². The molecule has 1 saturated heterocycles. The number of anilines is 1. The Kier molecular flexibility index (Phi) is 4.85. The summed E-state index contributed by atoms with van der Waals surface area (Å²) in [7, 11) is 1.69. The minimum absolute atomic E-state index is 0.472. The molecule has 116 valence electrons. The Balaban J connectivity index is 1.54. The molecule has 2 heterocycles. The summed E-state index contributed by atoms with van der Waals surface area (Å²) < 4.78 is 5.19. The summed E-state index contributed by atoms with van der Waals surface area (Å²) in [5, 5.41) is 3.64. The molecular weight excluding hydrogens is 276 g/mol. The average Bonchev–Trinajstić information content (AvgIpc) is 2.61. The lowest BCUT2D eigenvalue weighted by Crippen LogP contribution is -2.46. The Labute approximate surface area is 131 Å². The first-order chi connectivity index (χ1) is 10.8. The number of hydrogen-bond acceptors (Lipinski definition) is 5. The molecule has 0 unspecified atom stereocenters. The zero-order valence-corrected chi connectivity index (χ0v) is 12.9. The van der Waals surface area contributed by atoms with Crippen LogP contribution in [0.25, 0.3) is 0 Å². The van der Waals surface area contributed by atoms with Crippen LogP contribution in [-0.4, -0.2) is 36.2 Å². The number of hydrogen-bond donors (Lipinski definition) is 1. The van der Waals surface area contributed by atoms with Crippen LogP contribution in [0, 0.1) is 0 Å². The molecule has 5 heteroatoms. The van der Waals surface area contributed by atoms with Crippen molar-refractivity contribution in [1.82, 2.24) is 15.3 Å². The summed E-state index contributed by atoms with van der Waals surface area (Å²) in [6.45, 7) is 2.86. The van der Waals surface area contributed by atoms with Crippen molar-refractivity contribution in [3.63, 3.8) is 0 Å². The van der Waals surface area contributed by atoms with Gasteiger partial charge in [-0.05, 0) is 36.6 Å². The molecule has 1 atom stereocenters. The van der Waals surface area contributed by atoms with E-state index in [1.165, 1.54) is 18.4 Å². The second kappa shape index (κ2) is 7.22. The summed E-state index contributed by atoms with van der Waals surface area (Å²) in [5.41, 5.74) is 1.27. The van der Waals surface area contributed by atoms with Crippen LogP contribution >= 0.6 is 0 Å². The van der Waals surface area contributed by atoms with Gasteiger partial charge in [0, 0.05) is 38.1 Å². The van der Waals surface area contributed by atoms with E-state index in [0.29, 0.717) is 6.04 Å². The molecule has 3 rings (SSSR count). The van der Waals surface area contributed by atoms with E-state index >= 15 is 0 Å². The van der Waals surface area contributed by atoms with Gasteiger partial charge in [-0.2, -0.15) is 0 Å². The summed E-state index contributed by atoms with van der Waals surface area (Å²) >= 11 is 0. The van der Waals surface area contributed by atoms with Gasteiger partial charge in [-0.25, -0.2) is 9.97 Å². The van der Waals surface area contributed by atoms with Crippen molar-refractivity contribution < 1.29 is 4.74 Å². The van der Waals surface area contributed by atoms with Crippen molar-refractivity contribution in [3.8, 4) is 5.75 Å². The first-order valence-electron chi connectivity index (χ1n) is 7.73. The number of methoxy groups -OCH3 is 1. The van der Waals surface area contributed by atoms with Gasteiger partial charge >= 0.3 is 0 Å². The van der Waals surface area contributed by atoms with Gasteiger partial charge in [-0.3, -0.25) is 0 Å².